The predicted molar refractivity (Wildman–Crippen MR) is 126 cm³/mol. The predicted octanol–water partition coefficient (Wildman–Crippen LogP) is 0.529. The number of benzene rings is 1. The minimum Gasteiger partial charge on any atom is -0.372 e. The molecule has 0 fully saturated rings. The van der Waals surface area contributed by atoms with Crippen LogP contribution in [0.15, 0.2) is 53.7 Å². The first-order chi connectivity index (χ1) is 15.5. The lowest BCUT2D eigenvalue weighted by Gasteiger charge is -2.18. The first-order valence-corrected chi connectivity index (χ1v) is 10.6. The molecule has 2 rings (SSSR count). The zero-order valence-corrected chi connectivity index (χ0v) is 18.3. The second-order valence-electron chi connectivity index (χ2n) is 7.05. The maximum absolute atomic E-state index is 12.6. The normalized spacial score (nSPS) is 11.3. The number of carbonyl (C=O) groups is 2. The highest BCUT2D eigenvalue weighted by atomic mass is 16.2. The number of nitrogens with one attached hydrogen (secondary N) is 4. The zero-order chi connectivity index (χ0) is 23.2. The summed E-state index contributed by atoms with van der Waals surface area (Å²) in [5.41, 5.74) is 12.9. The summed E-state index contributed by atoms with van der Waals surface area (Å²) in [6.07, 6.45) is 2.75. The molecular formula is C22H32N8O2. The standard InChI is InChI=1S/C22H32N8O2/c1-2-26-21(32)19(7-5-13-28-22(23)24)30-20(31)16-8-10-17(11-9-16)29-15-25-14-18-6-3-4-12-27-18/h3-4,6,8-12,19,25,29H,2,5,7,13-15H2,1H3,(H,26,32)(H,30,31)(H4,23,24,28)/t19-/m0/s1. The number of amides is 2. The lowest BCUT2D eigenvalue weighted by molar-refractivity contribution is -0.123. The summed E-state index contributed by atoms with van der Waals surface area (Å²) in [6.45, 7) is 3.90. The fourth-order valence-electron chi connectivity index (χ4n) is 2.91. The van der Waals surface area contributed by atoms with Crippen molar-refractivity contribution in [2.24, 2.45) is 16.5 Å². The van der Waals surface area contributed by atoms with Gasteiger partial charge in [-0.2, -0.15) is 0 Å². The van der Waals surface area contributed by atoms with E-state index in [4.69, 9.17) is 11.5 Å². The number of aromatic nitrogens is 1. The smallest absolute Gasteiger partial charge is 0.251 e. The van der Waals surface area contributed by atoms with Crippen molar-refractivity contribution in [3.8, 4) is 0 Å². The number of guanidine groups is 1. The number of pyridine rings is 1. The van der Waals surface area contributed by atoms with E-state index >= 15 is 0 Å². The van der Waals surface area contributed by atoms with Crippen LogP contribution in [-0.4, -0.2) is 48.6 Å². The first-order valence-electron chi connectivity index (χ1n) is 10.6. The van der Waals surface area contributed by atoms with Crippen LogP contribution in [0.25, 0.3) is 0 Å². The van der Waals surface area contributed by atoms with Crippen molar-refractivity contribution in [3.05, 3.63) is 59.9 Å². The molecule has 2 aromatic rings. The van der Waals surface area contributed by atoms with Crippen LogP contribution in [0.4, 0.5) is 5.69 Å². The minimum atomic E-state index is -0.662. The molecule has 0 bridgehead atoms. The summed E-state index contributed by atoms with van der Waals surface area (Å²) in [7, 11) is 0. The van der Waals surface area contributed by atoms with Crippen LogP contribution in [0.5, 0.6) is 0 Å². The maximum atomic E-state index is 12.6. The number of hydrogen-bond donors (Lipinski definition) is 6. The van der Waals surface area contributed by atoms with Gasteiger partial charge in [-0.05, 0) is 56.2 Å². The molecule has 1 aromatic heterocycles. The van der Waals surface area contributed by atoms with Gasteiger partial charge in [-0.1, -0.05) is 6.07 Å². The average molecular weight is 441 g/mol. The summed E-state index contributed by atoms with van der Waals surface area (Å²) >= 11 is 0. The molecule has 1 heterocycles. The summed E-state index contributed by atoms with van der Waals surface area (Å²) in [5, 5.41) is 12.0. The maximum Gasteiger partial charge on any atom is 0.251 e. The Morgan fingerprint density at radius 3 is 2.56 bits per heavy atom. The van der Waals surface area contributed by atoms with Crippen LogP contribution in [0, 0.1) is 0 Å². The largest absolute Gasteiger partial charge is 0.372 e. The van der Waals surface area contributed by atoms with E-state index in [0.29, 0.717) is 44.7 Å². The van der Waals surface area contributed by atoms with Gasteiger partial charge in [0.15, 0.2) is 5.96 Å². The molecule has 32 heavy (non-hydrogen) atoms. The molecule has 0 unspecified atom stereocenters. The van der Waals surface area contributed by atoms with Gasteiger partial charge in [-0.3, -0.25) is 24.9 Å². The Morgan fingerprint density at radius 1 is 1.12 bits per heavy atom. The minimum absolute atomic E-state index is 0.00391. The molecule has 1 aromatic carbocycles. The fourth-order valence-corrected chi connectivity index (χ4v) is 2.91. The van der Waals surface area contributed by atoms with Gasteiger partial charge < -0.3 is 27.4 Å². The van der Waals surface area contributed by atoms with Crippen molar-refractivity contribution in [2.75, 3.05) is 25.1 Å². The summed E-state index contributed by atoms with van der Waals surface area (Å²) in [5.74, 6) is -0.546. The van der Waals surface area contributed by atoms with E-state index < -0.39 is 6.04 Å². The third kappa shape index (κ3) is 9.00. The molecule has 172 valence electrons. The highest BCUT2D eigenvalue weighted by Gasteiger charge is 2.20. The molecule has 0 saturated carbocycles. The highest BCUT2D eigenvalue weighted by Crippen LogP contribution is 2.10. The summed E-state index contributed by atoms with van der Waals surface area (Å²) < 4.78 is 0. The van der Waals surface area contributed by atoms with Gasteiger partial charge >= 0.3 is 0 Å². The number of likely N-dealkylation sites (N-methyl/N-ethyl adjacent to an activating group) is 1. The van der Waals surface area contributed by atoms with Crippen molar-refractivity contribution in [2.45, 2.75) is 32.4 Å². The fraction of sp³-hybridized carbons (Fsp3) is 0.364. The molecule has 0 aliphatic rings. The Labute approximate surface area is 188 Å². The number of nitrogens with two attached hydrogens (primary N) is 2. The zero-order valence-electron chi connectivity index (χ0n) is 18.3. The lowest BCUT2D eigenvalue weighted by atomic mass is 10.1. The van der Waals surface area contributed by atoms with E-state index in [9.17, 15) is 9.59 Å². The third-order valence-electron chi connectivity index (χ3n) is 4.51. The highest BCUT2D eigenvalue weighted by molar-refractivity contribution is 5.97. The molecule has 2 amide bonds. The summed E-state index contributed by atoms with van der Waals surface area (Å²) in [4.78, 5) is 33.1. The molecule has 8 N–H and O–H groups in total. The van der Waals surface area contributed by atoms with Gasteiger partial charge in [0.25, 0.3) is 5.91 Å². The van der Waals surface area contributed by atoms with Crippen molar-refractivity contribution >= 4 is 23.5 Å². The van der Waals surface area contributed by atoms with Gasteiger partial charge in [0.1, 0.15) is 6.04 Å². The second-order valence-corrected chi connectivity index (χ2v) is 7.05. The van der Waals surface area contributed by atoms with Gasteiger partial charge in [0, 0.05) is 37.1 Å². The molecule has 0 aliphatic heterocycles. The van der Waals surface area contributed by atoms with Crippen molar-refractivity contribution in [1.29, 1.82) is 0 Å². The van der Waals surface area contributed by atoms with Crippen LogP contribution in [-0.2, 0) is 11.3 Å². The van der Waals surface area contributed by atoms with E-state index in [0.717, 1.165) is 11.4 Å². The quantitative estimate of drug-likeness (QED) is 0.115. The van der Waals surface area contributed by atoms with Crippen LogP contribution >= 0.6 is 0 Å². The van der Waals surface area contributed by atoms with Crippen molar-refractivity contribution in [1.82, 2.24) is 20.9 Å². The second kappa shape index (κ2) is 13.6. The molecule has 10 nitrogen and oxygen atoms in total. The van der Waals surface area contributed by atoms with Crippen LogP contribution in [0.1, 0.15) is 35.8 Å². The van der Waals surface area contributed by atoms with Gasteiger partial charge in [-0.25, -0.2) is 0 Å². The van der Waals surface area contributed by atoms with Crippen LogP contribution in [0.3, 0.4) is 0 Å². The molecule has 0 aliphatic carbocycles. The Hall–Kier alpha value is -3.66. The van der Waals surface area contributed by atoms with E-state index in [-0.39, 0.29) is 17.8 Å². The number of aliphatic imine (C=N–C) groups is 1. The Kier molecular flexibility index (Phi) is 10.5. The van der Waals surface area contributed by atoms with E-state index in [1.807, 2.05) is 37.3 Å². The first kappa shape index (κ1) is 24.6. The summed E-state index contributed by atoms with van der Waals surface area (Å²) in [6, 6.07) is 12.2. The Balaban J connectivity index is 1.83. The third-order valence-corrected chi connectivity index (χ3v) is 4.51. The topological polar surface area (TPSA) is 160 Å². The van der Waals surface area contributed by atoms with E-state index in [1.165, 1.54) is 0 Å². The molecule has 0 radical (unpaired) electrons. The molecule has 10 heteroatoms. The van der Waals surface area contributed by atoms with Gasteiger partial charge in [-0.15, -0.1) is 0 Å². The van der Waals surface area contributed by atoms with Gasteiger partial charge in [0.2, 0.25) is 5.91 Å². The monoisotopic (exact) mass is 440 g/mol. The number of carbonyl (C=O) groups excluding carboxylic acids is 2. The lowest BCUT2D eigenvalue weighted by Crippen LogP contribution is -2.46. The van der Waals surface area contributed by atoms with Crippen molar-refractivity contribution < 1.29 is 9.59 Å². The van der Waals surface area contributed by atoms with Crippen molar-refractivity contribution in [3.63, 3.8) is 0 Å². The number of nitrogens with zero attached hydrogens (tertiary/aromatic N) is 2. The van der Waals surface area contributed by atoms with E-state index in [1.54, 1.807) is 18.3 Å². The van der Waals surface area contributed by atoms with Crippen LogP contribution < -0.4 is 32.7 Å². The molecule has 0 saturated heterocycles. The SMILES string of the molecule is CCNC(=O)[C@H](CCCN=C(N)N)NC(=O)c1ccc(NCNCc2ccccn2)cc1. The number of hydrogen-bond acceptors (Lipinski definition) is 6. The number of rotatable bonds is 13. The molecule has 1 atom stereocenters. The number of anilines is 1. The molecular weight excluding hydrogens is 408 g/mol. The average Bonchev–Trinajstić information content (AvgIpc) is 2.79. The van der Waals surface area contributed by atoms with Crippen LogP contribution in [0.2, 0.25) is 0 Å². The van der Waals surface area contributed by atoms with E-state index in [2.05, 4.69) is 31.2 Å². The Morgan fingerprint density at radius 2 is 1.91 bits per heavy atom. The molecule has 0 spiro atoms. The Bertz CT molecular complexity index is 867. The van der Waals surface area contributed by atoms with Gasteiger partial charge in [0.05, 0.1) is 12.4 Å².